The molecule has 2 heterocycles. The van der Waals surface area contributed by atoms with Crippen LogP contribution in [0.2, 0.25) is 0 Å². The van der Waals surface area contributed by atoms with Crippen LogP contribution in [0.15, 0.2) is 22.5 Å². The third kappa shape index (κ3) is 5.57. The van der Waals surface area contributed by atoms with Gasteiger partial charge in [0.1, 0.15) is 6.54 Å². The number of carbonyl (C=O) groups excluding carboxylic acids is 2. The highest BCUT2D eigenvalue weighted by Gasteiger charge is 2.36. The highest BCUT2D eigenvalue weighted by atomic mass is 127. The van der Waals surface area contributed by atoms with E-state index >= 15 is 0 Å². The van der Waals surface area contributed by atoms with Gasteiger partial charge in [0.25, 0.3) is 0 Å². The van der Waals surface area contributed by atoms with Crippen molar-refractivity contribution >= 4 is 53.1 Å². The van der Waals surface area contributed by atoms with Crippen LogP contribution >= 0.6 is 35.3 Å². The van der Waals surface area contributed by atoms with Gasteiger partial charge in [0.15, 0.2) is 5.96 Å². The Bertz CT molecular complexity index is 646. The second kappa shape index (κ2) is 9.54. The maximum absolute atomic E-state index is 12.4. The average Bonchev–Trinajstić information content (AvgIpc) is 3.29. The number of nitrogens with one attached hydrogen (secondary N) is 1. The number of hydrogen-bond acceptors (Lipinski definition) is 4. The molecule has 0 atom stereocenters. The van der Waals surface area contributed by atoms with Crippen LogP contribution in [0.25, 0.3) is 0 Å². The molecule has 9 heteroatoms. The van der Waals surface area contributed by atoms with E-state index in [0.29, 0.717) is 25.1 Å². The number of thiophene rings is 1. The third-order valence-electron chi connectivity index (χ3n) is 4.41. The van der Waals surface area contributed by atoms with E-state index in [1.807, 2.05) is 21.2 Å². The number of halogens is 1. The minimum atomic E-state index is -0.0571. The summed E-state index contributed by atoms with van der Waals surface area (Å²) in [6, 6.07) is 4.51. The fourth-order valence-corrected chi connectivity index (χ4v) is 3.42. The fraction of sp³-hybridized carbons (Fsp3) is 0.588. The van der Waals surface area contributed by atoms with E-state index in [0.717, 1.165) is 25.9 Å². The first kappa shape index (κ1) is 20.9. The van der Waals surface area contributed by atoms with Gasteiger partial charge in [-0.3, -0.25) is 9.59 Å². The molecule has 0 aromatic carbocycles. The highest BCUT2D eigenvalue weighted by Crippen LogP contribution is 2.28. The van der Waals surface area contributed by atoms with Crippen molar-refractivity contribution in [1.82, 2.24) is 20.0 Å². The van der Waals surface area contributed by atoms with Crippen molar-refractivity contribution in [3.63, 3.8) is 0 Å². The second-order valence-corrected chi connectivity index (χ2v) is 7.63. The zero-order valence-electron chi connectivity index (χ0n) is 15.2. The maximum atomic E-state index is 12.4. The number of likely N-dealkylation sites (N-methyl/N-ethyl adjacent to an activating group) is 1. The van der Waals surface area contributed by atoms with Gasteiger partial charge in [0, 0.05) is 38.1 Å². The van der Waals surface area contributed by atoms with E-state index in [9.17, 15) is 9.59 Å². The van der Waals surface area contributed by atoms with E-state index in [4.69, 9.17) is 0 Å². The number of hydrogen-bond donors (Lipinski definition) is 1. The van der Waals surface area contributed by atoms with Crippen molar-refractivity contribution in [2.24, 2.45) is 4.99 Å². The molecule has 0 unspecified atom stereocenters. The van der Waals surface area contributed by atoms with Gasteiger partial charge in [-0.15, -0.1) is 35.3 Å². The van der Waals surface area contributed by atoms with Crippen LogP contribution in [0.1, 0.15) is 17.7 Å². The Balaban J connectivity index is 0.00000243. The predicted octanol–water partition coefficient (Wildman–Crippen LogP) is 1.21. The summed E-state index contributed by atoms with van der Waals surface area (Å²) in [5, 5.41) is 5.34. The Morgan fingerprint density at radius 1 is 1.38 bits per heavy atom. The van der Waals surface area contributed by atoms with Crippen LogP contribution in [0, 0.1) is 0 Å². The lowest BCUT2D eigenvalue weighted by molar-refractivity contribution is -0.135. The first-order valence-corrected chi connectivity index (χ1v) is 9.48. The van der Waals surface area contributed by atoms with Gasteiger partial charge >= 0.3 is 0 Å². The summed E-state index contributed by atoms with van der Waals surface area (Å²) >= 11 is 1.67. The highest BCUT2D eigenvalue weighted by molar-refractivity contribution is 14.0. The molecule has 0 radical (unpaired) electrons. The molecule has 2 fully saturated rings. The lowest BCUT2D eigenvalue weighted by Crippen LogP contribution is -2.55. The van der Waals surface area contributed by atoms with E-state index in [1.54, 1.807) is 25.4 Å². The molecule has 0 spiro atoms. The Hall–Kier alpha value is -1.36. The average molecular weight is 491 g/mol. The number of piperazine rings is 1. The molecule has 7 nitrogen and oxygen atoms in total. The molecule has 3 rings (SSSR count). The molecule has 1 aliphatic carbocycles. The summed E-state index contributed by atoms with van der Waals surface area (Å²) < 4.78 is 0. The van der Waals surface area contributed by atoms with Gasteiger partial charge in [0.05, 0.1) is 13.1 Å². The van der Waals surface area contributed by atoms with Crippen LogP contribution in [0.4, 0.5) is 0 Å². The van der Waals surface area contributed by atoms with E-state index in [2.05, 4.69) is 16.4 Å². The lowest BCUT2D eigenvalue weighted by atomic mass is 10.3. The van der Waals surface area contributed by atoms with Crippen LogP contribution in [0.3, 0.4) is 0 Å². The number of amides is 2. The lowest BCUT2D eigenvalue weighted by Gasteiger charge is -2.36. The van der Waals surface area contributed by atoms with Gasteiger partial charge in [0.2, 0.25) is 11.8 Å². The standard InChI is InChI=1S/C17H25N5O2S.HI/c1-20(2)15(23)11-19-17(18-10-14-4-3-9-25-14)21-7-8-22(13-5-6-13)16(24)12-21;/h3-4,9,13H,5-8,10-12H2,1-2H3,(H,18,19);1H. The molecule has 1 aromatic rings. The van der Waals surface area contributed by atoms with Crippen molar-refractivity contribution in [3.05, 3.63) is 22.4 Å². The molecule has 2 amide bonds. The van der Waals surface area contributed by atoms with Crippen molar-refractivity contribution < 1.29 is 9.59 Å². The van der Waals surface area contributed by atoms with Crippen molar-refractivity contribution in [2.75, 3.05) is 40.3 Å². The predicted molar refractivity (Wildman–Crippen MR) is 114 cm³/mol. The molecule has 1 saturated carbocycles. The third-order valence-corrected chi connectivity index (χ3v) is 5.28. The van der Waals surface area contributed by atoms with Crippen LogP contribution in [0.5, 0.6) is 0 Å². The molecule has 1 saturated heterocycles. The number of aliphatic imine (C=N–C) groups is 1. The normalized spacial score (nSPS) is 17.8. The summed E-state index contributed by atoms with van der Waals surface area (Å²) in [5.74, 6) is 0.726. The molecule has 1 aromatic heterocycles. The molecule has 0 bridgehead atoms. The van der Waals surface area contributed by atoms with Crippen molar-refractivity contribution in [3.8, 4) is 0 Å². The van der Waals surface area contributed by atoms with Gasteiger partial charge < -0.3 is 20.0 Å². The quantitative estimate of drug-likeness (QED) is 0.382. The zero-order valence-corrected chi connectivity index (χ0v) is 18.3. The van der Waals surface area contributed by atoms with E-state index in [-0.39, 0.29) is 42.3 Å². The number of carbonyl (C=O) groups is 2. The molecule has 1 N–H and O–H groups in total. The first-order chi connectivity index (χ1) is 12.0. The van der Waals surface area contributed by atoms with Gasteiger partial charge in [-0.05, 0) is 24.3 Å². The molecule has 1 aliphatic heterocycles. The van der Waals surface area contributed by atoms with Crippen LogP contribution < -0.4 is 5.32 Å². The van der Waals surface area contributed by atoms with Crippen LogP contribution in [-0.2, 0) is 16.1 Å². The van der Waals surface area contributed by atoms with E-state index < -0.39 is 0 Å². The second-order valence-electron chi connectivity index (χ2n) is 6.60. The van der Waals surface area contributed by atoms with Gasteiger partial charge in [-0.25, -0.2) is 4.99 Å². The monoisotopic (exact) mass is 491 g/mol. The fourth-order valence-electron chi connectivity index (χ4n) is 2.77. The Kier molecular flexibility index (Phi) is 7.69. The van der Waals surface area contributed by atoms with E-state index in [1.165, 1.54) is 9.78 Å². The van der Waals surface area contributed by atoms with Crippen molar-refractivity contribution in [1.29, 1.82) is 0 Å². The minimum Gasteiger partial charge on any atom is -0.351 e. The minimum absolute atomic E-state index is 0. The first-order valence-electron chi connectivity index (χ1n) is 8.60. The number of guanidine groups is 1. The van der Waals surface area contributed by atoms with Crippen molar-refractivity contribution in [2.45, 2.75) is 25.4 Å². The summed E-state index contributed by atoms with van der Waals surface area (Å²) in [6.45, 7) is 2.52. The van der Waals surface area contributed by atoms with Gasteiger partial charge in [-0.1, -0.05) is 6.07 Å². The maximum Gasteiger partial charge on any atom is 0.243 e. The SMILES string of the molecule is CN(C)C(=O)CN=C(NCc1cccs1)N1CCN(C2CC2)C(=O)C1.I. The summed E-state index contributed by atoms with van der Waals surface area (Å²) in [6.07, 6.45) is 2.25. The molecule has 26 heavy (non-hydrogen) atoms. The summed E-state index contributed by atoms with van der Waals surface area (Å²) in [4.78, 5) is 35.4. The summed E-state index contributed by atoms with van der Waals surface area (Å²) in [5.41, 5.74) is 0. The molecular weight excluding hydrogens is 465 g/mol. The topological polar surface area (TPSA) is 68.2 Å². The number of nitrogens with zero attached hydrogens (tertiary/aromatic N) is 4. The Labute approximate surface area is 175 Å². The number of rotatable bonds is 5. The molecular formula is C17H26IN5O2S. The molecule has 144 valence electrons. The Morgan fingerprint density at radius 2 is 2.15 bits per heavy atom. The summed E-state index contributed by atoms with van der Waals surface area (Å²) in [7, 11) is 3.43. The largest absolute Gasteiger partial charge is 0.351 e. The van der Waals surface area contributed by atoms with Crippen LogP contribution in [-0.4, -0.2) is 78.8 Å². The Morgan fingerprint density at radius 3 is 2.73 bits per heavy atom. The molecule has 2 aliphatic rings. The smallest absolute Gasteiger partial charge is 0.243 e. The van der Waals surface area contributed by atoms with Gasteiger partial charge in [-0.2, -0.15) is 0 Å². The zero-order chi connectivity index (χ0) is 17.8.